The molecule has 3 N–H and O–H groups in total. The Bertz CT molecular complexity index is 2560. The first kappa shape index (κ1) is 60.9. The highest BCUT2D eigenvalue weighted by Gasteiger charge is 2.64. The van der Waals surface area contributed by atoms with Gasteiger partial charge >= 0.3 is 12.1 Å². The Kier molecular flexibility index (Phi) is 21.9. The summed E-state index contributed by atoms with van der Waals surface area (Å²) in [6.45, 7) is 8.71. The van der Waals surface area contributed by atoms with E-state index in [4.69, 9.17) is 54.2 Å². The van der Waals surface area contributed by atoms with Crippen LogP contribution in [0, 0.1) is 5.92 Å². The molecule has 0 spiro atoms. The van der Waals surface area contributed by atoms with Crippen LogP contribution in [0.5, 0.6) is 5.75 Å². The molecule has 0 saturated carbocycles. The summed E-state index contributed by atoms with van der Waals surface area (Å²) in [5.41, 5.74) is -0.596. The number of hydrogen-bond donors (Lipinski definition) is 3. The molecule has 2 fully saturated rings. The topological polar surface area (TPSA) is 291 Å². The van der Waals surface area contributed by atoms with Gasteiger partial charge in [0.25, 0.3) is 11.8 Å². The van der Waals surface area contributed by atoms with Gasteiger partial charge in [-0.25, -0.2) is 14.3 Å². The van der Waals surface area contributed by atoms with Gasteiger partial charge in [0.15, 0.2) is 5.72 Å². The maximum absolute atomic E-state index is 14.3. The molecule has 2 saturated heterocycles. The summed E-state index contributed by atoms with van der Waals surface area (Å²) >= 11 is 6.81. The molecule has 0 radical (unpaired) electrons. The average Bonchev–Trinajstić information content (AvgIpc) is 3.88. The highest BCUT2D eigenvalue weighted by Crippen LogP contribution is 2.49. The van der Waals surface area contributed by atoms with Crippen LogP contribution in [0.1, 0.15) is 58.2 Å². The molecule has 428 valence electrons. The first-order valence-corrected chi connectivity index (χ1v) is 25.9. The zero-order valence-corrected chi connectivity index (χ0v) is 46.0. The molecule has 0 aliphatic carbocycles. The average molecular weight is 1120 g/mol. The normalized spacial score (nSPS) is 25.8. The Morgan fingerprint density at radius 1 is 1.01 bits per heavy atom. The maximum atomic E-state index is 14.3. The summed E-state index contributed by atoms with van der Waals surface area (Å²) in [4.78, 5) is 93.4. The number of halogens is 1. The number of epoxide rings is 1. The fourth-order valence-electron chi connectivity index (χ4n) is 8.98. The van der Waals surface area contributed by atoms with E-state index in [0.29, 0.717) is 43.4 Å². The molecule has 4 aliphatic rings. The number of rotatable bonds is 24. The molecule has 1 aromatic heterocycles. The SMILES string of the molecule is COc1cc2cc(c1Cl)N(C)C(=O)C[C@H](OC(=O)[C@H](C)N(C)C(=O)COCCn1cc(COCCOCCOCCNC(=O)CCN3C(=O)C=CC3=O)nn1)C1(C)O[C@H]1[C@H](C)[C@@H]1C[C@@](O)(NC(=O)O1)C(OC)/C=C/C=C(\C)C2. The van der Waals surface area contributed by atoms with Crippen LogP contribution >= 0.6 is 11.6 Å². The molecule has 6 rings (SSSR count). The van der Waals surface area contributed by atoms with E-state index in [1.54, 1.807) is 51.4 Å². The Morgan fingerprint density at radius 2 is 1.72 bits per heavy atom. The van der Waals surface area contributed by atoms with E-state index < -0.39 is 83.4 Å². The van der Waals surface area contributed by atoms with Crippen molar-refractivity contribution >= 4 is 58.9 Å². The van der Waals surface area contributed by atoms with Crippen LogP contribution in [0.2, 0.25) is 5.02 Å². The van der Waals surface area contributed by atoms with Crippen molar-refractivity contribution in [3.8, 4) is 5.75 Å². The third kappa shape index (κ3) is 16.1. The van der Waals surface area contributed by atoms with Crippen LogP contribution < -0.4 is 20.3 Å². The summed E-state index contributed by atoms with van der Waals surface area (Å²) < 4.78 is 53.1. The summed E-state index contributed by atoms with van der Waals surface area (Å²) in [6, 6.07) is 2.40. The number of alkyl carbamates (subject to hydrolysis) is 1. The van der Waals surface area contributed by atoms with E-state index in [9.17, 15) is 38.7 Å². The first-order chi connectivity index (χ1) is 37.2. The van der Waals surface area contributed by atoms with E-state index in [2.05, 4.69) is 20.9 Å². The lowest BCUT2D eigenvalue weighted by atomic mass is 9.83. The van der Waals surface area contributed by atoms with Gasteiger partial charge in [0.2, 0.25) is 17.7 Å². The van der Waals surface area contributed by atoms with Gasteiger partial charge in [-0.3, -0.25) is 34.2 Å². The second-order valence-electron chi connectivity index (χ2n) is 19.5. The Morgan fingerprint density at radius 3 is 2.42 bits per heavy atom. The standard InChI is InChI=1S/C52H71ClN8O17/c1-32-10-9-11-40(71-8)52(69)28-39(76-50(68)55-52)33(2)48-51(4,78-48)41(27-45(65)59(6)37-25-35(24-32)26-38(70-7)47(37)53)77-49(67)34(3)58(5)46(66)31-74-19-17-60-29-36(56-57-60)30-75-23-22-73-21-20-72-18-15-54-42(62)14-16-61-43(63)12-13-44(61)64/h9-13,25-26,29,33-34,39-41,48,69H,14-24,27-28,30-31H2,1-8H3,(H,54,62)(H,55,68)/b11-9+,32-10+/t33-,34+,39+,40?,41+,48+,51?,52+/m1/s1. The zero-order valence-electron chi connectivity index (χ0n) is 45.2. The Balaban J connectivity index is 0.960. The third-order valence-corrected chi connectivity index (χ3v) is 14.2. The van der Waals surface area contributed by atoms with Crippen LogP contribution in [-0.2, 0) is 86.2 Å². The number of methoxy groups -OCH3 is 2. The number of carbonyl (C=O) groups is 7. The fraction of sp³-hybridized carbons (Fsp3) is 0.596. The predicted octanol–water partition coefficient (Wildman–Crippen LogP) is 1.80. The number of esters is 1. The van der Waals surface area contributed by atoms with Crippen molar-refractivity contribution in [3.05, 3.63) is 70.6 Å². The van der Waals surface area contributed by atoms with Crippen molar-refractivity contribution < 1.29 is 81.3 Å². The number of benzene rings is 1. The molecule has 4 aliphatic heterocycles. The number of nitrogens with one attached hydrogen (secondary N) is 2. The van der Waals surface area contributed by atoms with Crippen LogP contribution in [0.15, 0.2) is 54.3 Å². The molecular formula is C52H71ClN8O17. The molecule has 2 aromatic rings. The number of carbonyl (C=O) groups excluding carboxylic acids is 7. The van der Waals surface area contributed by atoms with Crippen molar-refractivity contribution in [1.29, 1.82) is 0 Å². The van der Waals surface area contributed by atoms with Crippen molar-refractivity contribution in [2.45, 2.75) is 108 Å². The number of aromatic nitrogens is 3. The molecule has 4 bridgehead atoms. The van der Waals surface area contributed by atoms with Crippen molar-refractivity contribution in [1.82, 2.24) is 35.4 Å². The first-order valence-electron chi connectivity index (χ1n) is 25.5. The van der Waals surface area contributed by atoms with E-state index in [1.807, 2.05) is 13.0 Å². The van der Waals surface area contributed by atoms with Crippen molar-refractivity contribution in [2.24, 2.45) is 5.92 Å². The summed E-state index contributed by atoms with van der Waals surface area (Å²) in [5, 5.41) is 25.4. The highest BCUT2D eigenvalue weighted by atomic mass is 35.5. The molecule has 25 nitrogen and oxygen atoms in total. The second-order valence-corrected chi connectivity index (χ2v) is 19.8. The number of ether oxygens (including phenoxy) is 9. The number of likely N-dealkylation sites (N-methyl/N-ethyl adjacent to an activating group) is 1. The lowest BCUT2D eigenvalue weighted by molar-refractivity contribution is -0.162. The number of amides is 6. The molecular weight excluding hydrogens is 1040 g/mol. The highest BCUT2D eigenvalue weighted by molar-refractivity contribution is 6.35. The van der Waals surface area contributed by atoms with Crippen molar-refractivity contribution in [2.75, 3.05) is 92.6 Å². The molecule has 1 aromatic carbocycles. The predicted molar refractivity (Wildman–Crippen MR) is 277 cm³/mol. The summed E-state index contributed by atoms with van der Waals surface area (Å²) in [7, 11) is 5.86. The second kappa shape index (κ2) is 28.0. The monoisotopic (exact) mass is 1110 g/mol. The summed E-state index contributed by atoms with van der Waals surface area (Å²) in [5.74, 6) is -3.25. The van der Waals surface area contributed by atoms with Crippen LogP contribution in [0.25, 0.3) is 0 Å². The quantitative estimate of drug-likeness (QED) is 0.0585. The van der Waals surface area contributed by atoms with Gasteiger partial charge < -0.3 is 62.9 Å². The minimum absolute atomic E-state index is 0.00310. The number of nitrogens with zero attached hydrogens (tertiary/aromatic N) is 6. The fourth-order valence-corrected chi connectivity index (χ4v) is 9.30. The molecule has 6 amide bonds. The molecule has 5 heterocycles. The Hall–Kier alpha value is -6.32. The van der Waals surface area contributed by atoms with E-state index >= 15 is 0 Å². The summed E-state index contributed by atoms with van der Waals surface area (Å²) in [6.07, 6.45) is 4.46. The third-order valence-electron chi connectivity index (χ3n) is 13.8. The number of imide groups is 1. The maximum Gasteiger partial charge on any atom is 0.409 e. The lowest BCUT2D eigenvalue weighted by Gasteiger charge is -2.42. The number of allylic oxidation sites excluding steroid dienone is 3. The lowest BCUT2D eigenvalue weighted by Crippen LogP contribution is -2.63. The van der Waals surface area contributed by atoms with Crippen LogP contribution in [0.3, 0.4) is 0 Å². The molecule has 2 unspecified atom stereocenters. The van der Waals surface area contributed by atoms with Gasteiger partial charge in [-0.05, 0) is 44.9 Å². The van der Waals surface area contributed by atoms with Gasteiger partial charge in [-0.2, -0.15) is 0 Å². The molecule has 8 atom stereocenters. The van der Waals surface area contributed by atoms with Gasteiger partial charge in [-0.1, -0.05) is 47.5 Å². The van der Waals surface area contributed by atoms with E-state index in [0.717, 1.165) is 16.0 Å². The molecule has 78 heavy (non-hydrogen) atoms. The largest absolute Gasteiger partial charge is 0.495 e. The number of fused-ring (bicyclic) bond motifs is 5. The van der Waals surface area contributed by atoms with Gasteiger partial charge in [-0.15, -0.1) is 5.10 Å². The number of aliphatic hydroxyl groups is 1. The van der Waals surface area contributed by atoms with E-state index in [1.165, 1.54) is 54.8 Å². The molecule has 26 heteroatoms. The number of anilines is 1. The minimum Gasteiger partial charge on any atom is -0.495 e. The number of hydrogen-bond acceptors (Lipinski definition) is 19. The van der Waals surface area contributed by atoms with Crippen LogP contribution in [0.4, 0.5) is 10.5 Å². The van der Waals surface area contributed by atoms with E-state index in [-0.39, 0.29) is 82.9 Å². The Labute approximate surface area is 457 Å². The van der Waals surface area contributed by atoms with Gasteiger partial charge in [0, 0.05) is 65.2 Å². The zero-order chi connectivity index (χ0) is 56.7. The van der Waals surface area contributed by atoms with Gasteiger partial charge in [0.05, 0.1) is 84.3 Å². The van der Waals surface area contributed by atoms with Crippen LogP contribution in [-0.4, -0.2) is 201 Å². The smallest absolute Gasteiger partial charge is 0.409 e. The van der Waals surface area contributed by atoms with Gasteiger partial charge in [0.1, 0.15) is 53.0 Å². The minimum atomic E-state index is -1.88. The van der Waals surface area contributed by atoms with Crippen molar-refractivity contribution in [3.63, 3.8) is 0 Å².